The molecule has 5 heteroatoms. The monoisotopic (exact) mass is 203 g/mol. The van der Waals surface area contributed by atoms with Crippen LogP contribution < -0.4 is 16.8 Å². The van der Waals surface area contributed by atoms with Crippen LogP contribution in [-0.4, -0.2) is 31.8 Å². The molecule has 1 atom stereocenters. The molecule has 0 aromatic heterocycles. The fraction of sp³-hybridized carbons (Fsp3) is 0.889. The molecule has 0 heterocycles. The van der Waals surface area contributed by atoms with Gasteiger partial charge in [0.15, 0.2) is 6.23 Å². The van der Waals surface area contributed by atoms with E-state index in [0.717, 1.165) is 32.5 Å². The van der Waals surface area contributed by atoms with Crippen molar-refractivity contribution in [1.82, 2.24) is 5.32 Å². The Morgan fingerprint density at radius 3 is 2.71 bits per heavy atom. The van der Waals surface area contributed by atoms with Gasteiger partial charge in [0.25, 0.3) is 0 Å². The first kappa shape index (κ1) is 13.4. The van der Waals surface area contributed by atoms with Gasteiger partial charge in [0.05, 0.1) is 0 Å². The first-order chi connectivity index (χ1) is 6.66. The van der Waals surface area contributed by atoms with Crippen LogP contribution in [0.1, 0.15) is 26.2 Å². The lowest BCUT2D eigenvalue weighted by molar-refractivity contribution is -0.146. The maximum absolute atomic E-state index is 10.5. The average Bonchev–Trinajstić information content (AvgIpc) is 2.10. The minimum absolute atomic E-state index is 0.333. The molecule has 0 saturated heterocycles. The van der Waals surface area contributed by atoms with Gasteiger partial charge >= 0.3 is 5.97 Å². The van der Waals surface area contributed by atoms with Gasteiger partial charge in [-0.25, -0.2) is 0 Å². The second-order valence-corrected chi connectivity index (χ2v) is 3.18. The molecule has 0 aliphatic carbocycles. The fourth-order valence-corrected chi connectivity index (χ4v) is 1.04. The van der Waals surface area contributed by atoms with Crippen LogP contribution in [0.3, 0.4) is 0 Å². The number of esters is 1. The summed E-state index contributed by atoms with van der Waals surface area (Å²) in [5.41, 5.74) is 10.9. The number of unbranched alkanes of at least 4 members (excludes halogenated alkanes) is 1. The van der Waals surface area contributed by atoms with E-state index in [9.17, 15) is 4.79 Å². The van der Waals surface area contributed by atoms with Gasteiger partial charge in [-0.05, 0) is 32.5 Å². The Labute approximate surface area is 85.2 Å². The van der Waals surface area contributed by atoms with Crippen LogP contribution in [-0.2, 0) is 9.53 Å². The summed E-state index contributed by atoms with van der Waals surface area (Å²) in [6.07, 6.45) is 2.25. The molecule has 5 N–H and O–H groups in total. The Bertz CT molecular complexity index is 153. The van der Waals surface area contributed by atoms with E-state index in [-0.39, 0.29) is 5.97 Å². The van der Waals surface area contributed by atoms with Crippen molar-refractivity contribution >= 4 is 5.97 Å². The van der Waals surface area contributed by atoms with Crippen molar-refractivity contribution in [2.75, 3.05) is 19.6 Å². The first-order valence-electron chi connectivity index (χ1n) is 5.00. The van der Waals surface area contributed by atoms with E-state index in [1.165, 1.54) is 6.92 Å². The van der Waals surface area contributed by atoms with Crippen molar-refractivity contribution in [1.29, 1.82) is 0 Å². The zero-order valence-corrected chi connectivity index (χ0v) is 8.79. The van der Waals surface area contributed by atoms with Crippen LogP contribution in [0.2, 0.25) is 0 Å². The number of nitrogens with two attached hydrogens (primary N) is 2. The molecule has 5 nitrogen and oxygen atoms in total. The summed E-state index contributed by atoms with van der Waals surface area (Å²) in [7, 11) is 0. The van der Waals surface area contributed by atoms with Crippen molar-refractivity contribution in [3.05, 3.63) is 0 Å². The average molecular weight is 203 g/mol. The number of ether oxygens (including phenoxy) is 1. The van der Waals surface area contributed by atoms with E-state index in [1.807, 2.05) is 0 Å². The highest BCUT2D eigenvalue weighted by molar-refractivity contribution is 5.66. The van der Waals surface area contributed by atoms with Crippen molar-refractivity contribution < 1.29 is 9.53 Å². The number of rotatable bonds is 8. The maximum Gasteiger partial charge on any atom is 0.304 e. The summed E-state index contributed by atoms with van der Waals surface area (Å²) < 4.78 is 4.76. The van der Waals surface area contributed by atoms with Crippen LogP contribution in [0.5, 0.6) is 0 Å². The summed E-state index contributed by atoms with van der Waals surface area (Å²) in [4.78, 5) is 10.5. The van der Waals surface area contributed by atoms with Crippen LogP contribution in [0, 0.1) is 0 Å². The lowest BCUT2D eigenvalue weighted by atomic mass is 10.3. The molecular formula is C9H21N3O2. The summed E-state index contributed by atoms with van der Waals surface area (Å²) in [6.45, 7) is 3.78. The predicted molar refractivity (Wildman–Crippen MR) is 55.5 cm³/mol. The Hall–Kier alpha value is -0.650. The topological polar surface area (TPSA) is 90.4 Å². The third-order valence-electron chi connectivity index (χ3n) is 1.73. The smallest absolute Gasteiger partial charge is 0.304 e. The number of hydrogen-bond donors (Lipinski definition) is 3. The quantitative estimate of drug-likeness (QED) is 0.282. The molecule has 0 aliphatic rings. The largest absolute Gasteiger partial charge is 0.447 e. The lowest BCUT2D eigenvalue weighted by Gasteiger charge is -2.11. The van der Waals surface area contributed by atoms with Gasteiger partial charge in [0.2, 0.25) is 0 Å². The molecule has 0 fully saturated rings. The van der Waals surface area contributed by atoms with Crippen molar-refractivity contribution in [3.8, 4) is 0 Å². The second-order valence-electron chi connectivity index (χ2n) is 3.18. The molecule has 0 aromatic rings. The summed E-state index contributed by atoms with van der Waals surface area (Å²) in [5.74, 6) is -0.333. The van der Waals surface area contributed by atoms with Crippen LogP contribution >= 0.6 is 0 Å². The number of hydrogen-bond acceptors (Lipinski definition) is 5. The zero-order valence-electron chi connectivity index (χ0n) is 8.79. The lowest BCUT2D eigenvalue weighted by Crippen LogP contribution is -2.30. The molecule has 0 aliphatic heterocycles. The number of carbonyl (C=O) groups excluding carboxylic acids is 1. The van der Waals surface area contributed by atoms with Crippen molar-refractivity contribution in [2.24, 2.45) is 11.5 Å². The van der Waals surface area contributed by atoms with Crippen molar-refractivity contribution in [3.63, 3.8) is 0 Å². The molecule has 0 radical (unpaired) electrons. The standard InChI is InChI=1S/C9H21N3O2/c1-8(13)14-9(11)4-7-12-6-3-2-5-10/h9,12H,2-7,10-11H2,1H3. The molecule has 0 rings (SSSR count). The Balaban J connectivity index is 3.14. The molecule has 84 valence electrons. The Kier molecular flexibility index (Phi) is 8.51. The molecule has 14 heavy (non-hydrogen) atoms. The third-order valence-corrected chi connectivity index (χ3v) is 1.73. The van der Waals surface area contributed by atoms with E-state index in [1.54, 1.807) is 0 Å². The van der Waals surface area contributed by atoms with E-state index in [2.05, 4.69) is 5.32 Å². The van der Waals surface area contributed by atoms with Gasteiger partial charge in [-0.15, -0.1) is 0 Å². The molecular weight excluding hydrogens is 182 g/mol. The normalized spacial score (nSPS) is 12.5. The van der Waals surface area contributed by atoms with Crippen LogP contribution in [0.15, 0.2) is 0 Å². The highest BCUT2D eigenvalue weighted by Gasteiger charge is 2.03. The first-order valence-corrected chi connectivity index (χ1v) is 5.00. The van der Waals surface area contributed by atoms with Crippen molar-refractivity contribution in [2.45, 2.75) is 32.4 Å². The van der Waals surface area contributed by atoms with Gasteiger partial charge < -0.3 is 15.8 Å². The molecule has 0 spiro atoms. The zero-order chi connectivity index (χ0) is 10.8. The SMILES string of the molecule is CC(=O)OC(N)CCNCCCCN. The van der Waals surface area contributed by atoms with E-state index < -0.39 is 6.23 Å². The van der Waals surface area contributed by atoms with Crippen LogP contribution in [0.4, 0.5) is 0 Å². The van der Waals surface area contributed by atoms with E-state index in [0.29, 0.717) is 6.42 Å². The molecule has 1 unspecified atom stereocenters. The summed E-state index contributed by atoms with van der Waals surface area (Å²) in [5, 5.41) is 3.20. The third kappa shape index (κ3) is 9.44. The highest BCUT2D eigenvalue weighted by atomic mass is 16.5. The summed E-state index contributed by atoms with van der Waals surface area (Å²) in [6, 6.07) is 0. The van der Waals surface area contributed by atoms with Gasteiger partial charge in [-0.3, -0.25) is 10.5 Å². The van der Waals surface area contributed by atoms with Gasteiger partial charge in [-0.1, -0.05) is 0 Å². The molecule has 0 aromatic carbocycles. The number of carbonyl (C=O) groups is 1. The maximum atomic E-state index is 10.5. The van der Waals surface area contributed by atoms with E-state index >= 15 is 0 Å². The van der Waals surface area contributed by atoms with Gasteiger partial charge in [0, 0.05) is 13.3 Å². The minimum atomic E-state index is -0.491. The Morgan fingerprint density at radius 2 is 2.14 bits per heavy atom. The van der Waals surface area contributed by atoms with Gasteiger partial charge in [-0.2, -0.15) is 0 Å². The summed E-state index contributed by atoms with van der Waals surface area (Å²) >= 11 is 0. The molecule has 0 saturated carbocycles. The van der Waals surface area contributed by atoms with E-state index in [4.69, 9.17) is 16.2 Å². The highest BCUT2D eigenvalue weighted by Crippen LogP contribution is 1.90. The number of nitrogens with one attached hydrogen (secondary N) is 1. The van der Waals surface area contributed by atoms with Crippen LogP contribution in [0.25, 0.3) is 0 Å². The Morgan fingerprint density at radius 1 is 1.43 bits per heavy atom. The van der Waals surface area contributed by atoms with Gasteiger partial charge in [0.1, 0.15) is 0 Å². The predicted octanol–water partition coefficient (Wildman–Crippen LogP) is -0.447. The minimum Gasteiger partial charge on any atom is -0.447 e. The molecule has 0 bridgehead atoms. The second kappa shape index (κ2) is 8.93. The molecule has 0 amide bonds. The fourth-order valence-electron chi connectivity index (χ4n) is 1.04.